The fourth-order valence-corrected chi connectivity index (χ4v) is 2.85. The van der Waals surface area contributed by atoms with Gasteiger partial charge in [-0.2, -0.15) is 0 Å². The van der Waals surface area contributed by atoms with E-state index in [0.29, 0.717) is 6.54 Å². The molecule has 0 bridgehead atoms. The third-order valence-electron chi connectivity index (χ3n) is 4.09. The quantitative estimate of drug-likeness (QED) is 0.865. The van der Waals surface area contributed by atoms with Crippen molar-refractivity contribution in [2.45, 2.75) is 26.8 Å². The average molecular weight is 261 g/mol. The SMILES string of the molecule is CNC(=O)C1(C)CCN(c2ccc(CN)cc2C)C1. The molecule has 3 N–H and O–H groups in total. The molecular weight excluding hydrogens is 238 g/mol. The molecular formula is C15H23N3O. The van der Waals surface area contributed by atoms with Gasteiger partial charge < -0.3 is 16.0 Å². The minimum Gasteiger partial charge on any atom is -0.370 e. The summed E-state index contributed by atoms with van der Waals surface area (Å²) >= 11 is 0. The van der Waals surface area contributed by atoms with Crippen molar-refractivity contribution in [2.24, 2.45) is 11.1 Å². The zero-order valence-electron chi connectivity index (χ0n) is 12.0. The minimum absolute atomic E-state index is 0.131. The van der Waals surface area contributed by atoms with Gasteiger partial charge in [-0.3, -0.25) is 4.79 Å². The minimum atomic E-state index is -0.284. The highest BCUT2D eigenvalue weighted by Crippen LogP contribution is 2.34. The molecule has 1 fully saturated rings. The molecule has 1 saturated heterocycles. The number of hydrogen-bond acceptors (Lipinski definition) is 3. The standard InChI is InChI=1S/C15H23N3O/c1-11-8-12(9-16)4-5-13(11)18-7-6-15(2,10-18)14(19)17-3/h4-5,8H,6-7,9-10,16H2,1-3H3,(H,17,19). The highest BCUT2D eigenvalue weighted by molar-refractivity contribution is 5.83. The summed E-state index contributed by atoms with van der Waals surface area (Å²) in [5, 5.41) is 2.77. The maximum atomic E-state index is 11.9. The summed E-state index contributed by atoms with van der Waals surface area (Å²) in [7, 11) is 1.71. The lowest BCUT2D eigenvalue weighted by Gasteiger charge is -2.25. The third kappa shape index (κ3) is 2.59. The molecule has 1 atom stereocenters. The summed E-state index contributed by atoms with van der Waals surface area (Å²) in [6.45, 7) is 6.40. The third-order valence-corrected chi connectivity index (χ3v) is 4.09. The van der Waals surface area contributed by atoms with Gasteiger partial charge in [-0.25, -0.2) is 0 Å². The van der Waals surface area contributed by atoms with E-state index in [1.165, 1.54) is 11.3 Å². The van der Waals surface area contributed by atoms with Crippen LogP contribution in [0.1, 0.15) is 24.5 Å². The van der Waals surface area contributed by atoms with Gasteiger partial charge in [0.1, 0.15) is 0 Å². The molecule has 1 unspecified atom stereocenters. The summed E-state index contributed by atoms with van der Waals surface area (Å²) < 4.78 is 0. The van der Waals surface area contributed by atoms with Gasteiger partial charge >= 0.3 is 0 Å². The summed E-state index contributed by atoms with van der Waals surface area (Å²) in [6.07, 6.45) is 0.894. The van der Waals surface area contributed by atoms with Crippen molar-refractivity contribution in [1.82, 2.24) is 5.32 Å². The van der Waals surface area contributed by atoms with E-state index in [9.17, 15) is 4.79 Å². The Morgan fingerprint density at radius 1 is 1.53 bits per heavy atom. The van der Waals surface area contributed by atoms with E-state index in [4.69, 9.17) is 5.73 Å². The highest BCUT2D eigenvalue weighted by Gasteiger charge is 2.40. The van der Waals surface area contributed by atoms with Crippen LogP contribution in [0.5, 0.6) is 0 Å². The van der Waals surface area contributed by atoms with Crippen molar-refractivity contribution >= 4 is 11.6 Å². The lowest BCUT2D eigenvalue weighted by Crippen LogP contribution is -2.39. The summed E-state index contributed by atoms with van der Waals surface area (Å²) in [5.41, 5.74) is 8.96. The Morgan fingerprint density at radius 2 is 2.26 bits per heavy atom. The van der Waals surface area contributed by atoms with E-state index in [0.717, 1.165) is 25.1 Å². The molecule has 4 heteroatoms. The Labute approximate surface area is 115 Å². The number of rotatable bonds is 3. The van der Waals surface area contributed by atoms with E-state index in [1.54, 1.807) is 7.05 Å². The molecule has 1 heterocycles. The predicted octanol–water partition coefficient (Wildman–Crippen LogP) is 1.42. The topological polar surface area (TPSA) is 58.4 Å². The fraction of sp³-hybridized carbons (Fsp3) is 0.533. The van der Waals surface area contributed by atoms with Crippen molar-refractivity contribution in [3.8, 4) is 0 Å². The van der Waals surface area contributed by atoms with Gasteiger partial charge in [0.25, 0.3) is 0 Å². The molecule has 4 nitrogen and oxygen atoms in total. The van der Waals surface area contributed by atoms with Crippen LogP contribution in [0, 0.1) is 12.3 Å². The second-order valence-corrected chi connectivity index (χ2v) is 5.64. The second-order valence-electron chi connectivity index (χ2n) is 5.64. The predicted molar refractivity (Wildman–Crippen MR) is 78.1 cm³/mol. The van der Waals surface area contributed by atoms with E-state index in [1.807, 2.05) is 6.92 Å². The molecule has 0 aromatic heterocycles. The molecule has 1 aliphatic rings. The molecule has 19 heavy (non-hydrogen) atoms. The lowest BCUT2D eigenvalue weighted by atomic mass is 9.89. The Bertz CT molecular complexity index is 486. The maximum absolute atomic E-state index is 11.9. The van der Waals surface area contributed by atoms with Gasteiger partial charge in [0, 0.05) is 32.4 Å². The van der Waals surface area contributed by atoms with Crippen LogP contribution in [0.3, 0.4) is 0 Å². The molecule has 0 aliphatic carbocycles. The first-order chi connectivity index (χ1) is 9.00. The molecule has 0 radical (unpaired) electrons. The van der Waals surface area contributed by atoms with E-state index >= 15 is 0 Å². The van der Waals surface area contributed by atoms with E-state index in [-0.39, 0.29) is 11.3 Å². The number of benzene rings is 1. The normalized spacial score (nSPS) is 22.6. The molecule has 1 aromatic rings. The van der Waals surface area contributed by atoms with Crippen LogP contribution in [-0.4, -0.2) is 26.0 Å². The Kier molecular flexibility index (Phi) is 3.80. The summed E-state index contributed by atoms with van der Waals surface area (Å²) in [6, 6.07) is 6.32. The molecule has 0 spiro atoms. The molecule has 1 amide bonds. The van der Waals surface area contributed by atoms with Crippen LogP contribution in [0.2, 0.25) is 0 Å². The number of anilines is 1. The Morgan fingerprint density at radius 3 is 2.84 bits per heavy atom. The lowest BCUT2D eigenvalue weighted by molar-refractivity contribution is -0.128. The average Bonchev–Trinajstić information content (AvgIpc) is 2.81. The van der Waals surface area contributed by atoms with Crippen molar-refractivity contribution in [3.05, 3.63) is 29.3 Å². The van der Waals surface area contributed by atoms with Crippen LogP contribution < -0.4 is 16.0 Å². The van der Waals surface area contributed by atoms with Gasteiger partial charge in [0.2, 0.25) is 5.91 Å². The molecule has 1 aliphatic heterocycles. The number of aryl methyl sites for hydroxylation is 1. The van der Waals surface area contributed by atoms with Gasteiger partial charge in [-0.15, -0.1) is 0 Å². The molecule has 0 saturated carbocycles. The second kappa shape index (κ2) is 5.21. The van der Waals surface area contributed by atoms with Crippen molar-refractivity contribution in [3.63, 3.8) is 0 Å². The number of nitrogens with zero attached hydrogens (tertiary/aromatic N) is 1. The van der Waals surface area contributed by atoms with Crippen LogP contribution in [0.15, 0.2) is 18.2 Å². The summed E-state index contributed by atoms with van der Waals surface area (Å²) in [5.74, 6) is 0.131. The van der Waals surface area contributed by atoms with Gasteiger partial charge in [-0.1, -0.05) is 12.1 Å². The number of amides is 1. The van der Waals surface area contributed by atoms with Crippen LogP contribution in [0.4, 0.5) is 5.69 Å². The molecule has 104 valence electrons. The van der Waals surface area contributed by atoms with Crippen LogP contribution >= 0.6 is 0 Å². The summed E-state index contributed by atoms with van der Waals surface area (Å²) in [4.78, 5) is 14.2. The number of nitrogens with one attached hydrogen (secondary N) is 1. The van der Waals surface area contributed by atoms with E-state index in [2.05, 4.69) is 35.3 Å². The first-order valence-corrected chi connectivity index (χ1v) is 6.77. The fourth-order valence-electron chi connectivity index (χ4n) is 2.85. The smallest absolute Gasteiger partial charge is 0.227 e. The largest absolute Gasteiger partial charge is 0.370 e. The van der Waals surface area contributed by atoms with Crippen molar-refractivity contribution < 1.29 is 4.79 Å². The van der Waals surface area contributed by atoms with Crippen molar-refractivity contribution in [1.29, 1.82) is 0 Å². The first-order valence-electron chi connectivity index (χ1n) is 6.77. The van der Waals surface area contributed by atoms with Crippen LogP contribution in [0.25, 0.3) is 0 Å². The van der Waals surface area contributed by atoms with Crippen molar-refractivity contribution in [2.75, 3.05) is 25.0 Å². The zero-order valence-corrected chi connectivity index (χ0v) is 12.0. The molecule has 1 aromatic carbocycles. The highest BCUT2D eigenvalue weighted by atomic mass is 16.2. The number of nitrogens with two attached hydrogens (primary N) is 1. The Balaban J connectivity index is 2.19. The molecule has 2 rings (SSSR count). The van der Waals surface area contributed by atoms with E-state index < -0.39 is 0 Å². The monoisotopic (exact) mass is 261 g/mol. The van der Waals surface area contributed by atoms with Gasteiger partial charge in [-0.05, 0) is 37.5 Å². The van der Waals surface area contributed by atoms with Gasteiger partial charge in [0.05, 0.1) is 5.41 Å². The van der Waals surface area contributed by atoms with Crippen LogP contribution in [-0.2, 0) is 11.3 Å². The number of hydrogen-bond donors (Lipinski definition) is 2. The number of carbonyl (C=O) groups is 1. The Hall–Kier alpha value is -1.55. The first kappa shape index (κ1) is 13.9. The number of carbonyl (C=O) groups excluding carboxylic acids is 1. The van der Waals surface area contributed by atoms with Gasteiger partial charge in [0.15, 0.2) is 0 Å². The maximum Gasteiger partial charge on any atom is 0.227 e. The zero-order chi connectivity index (χ0) is 14.0.